The average Bonchev–Trinajstić information content (AvgIpc) is 2.57. The summed E-state index contributed by atoms with van der Waals surface area (Å²) in [5, 5.41) is 4.82. The molecule has 1 fully saturated rings. The third-order valence-electron chi connectivity index (χ3n) is 3.39. The fraction of sp³-hybridized carbons (Fsp3) is 0.438. The van der Waals surface area contributed by atoms with Crippen molar-refractivity contribution in [2.75, 3.05) is 24.8 Å². The van der Waals surface area contributed by atoms with E-state index >= 15 is 0 Å². The molecule has 2 atom stereocenters. The molecule has 0 bridgehead atoms. The van der Waals surface area contributed by atoms with Gasteiger partial charge in [-0.3, -0.25) is 9.59 Å². The van der Waals surface area contributed by atoms with Gasteiger partial charge in [-0.05, 0) is 31.2 Å². The van der Waals surface area contributed by atoms with E-state index in [2.05, 4.69) is 10.6 Å². The highest BCUT2D eigenvalue weighted by atomic mass is 32.2. The van der Waals surface area contributed by atoms with Crippen LogP contribution in [-0.4, -0.2) is 48.5 Å². The van der Waals surface area contributed by atoms with E-state index in [4.69, 9.17) is 9.47 Å². The molecule has 0 spiro atoms. The van der Waals surface area contributed by atoms with Crippen LogP contribution in [0.4, 0.5) is 5.69 Å². The summed E-state index contributed by atoms with van der Waals surface area (Å²) in [6.07, 6.45) is 0.0398. The summed E-state index contributed by atoms with van der Waals surface area (Å²) in [6.45, 7) is 1.98. The summed E-state index contributed by atoms with van der Waals surface area (Å²) in [5.41, 5.74) is 0.631. The van der Waals surface area contributed by atoms with E-state index in [0.29, 0.717) is 17.2 Å². The molecule has 1 aromatic rings. The lowest BCUT2D eigenvalue weighted by molar-refractivity contribution is -0.146. The van der Waals surface area contributed by atoms with Crippen LogP contribution in [-0.2, 0) is 19.1 Å². The minimum atomic E-state index is -0.650. The summed E-state index contributed by atoms with van der Waals surface area (Å²) in [6, 6.07) is 6.27. The molecule has 2 rings (SSSR count). The highest BCUT2D eigenvalue weighted by Gasteiger charge is 2.34. The van der Waals surface area contributed by atoms with Crippen molar-refractivity contribution in [2.45, 2.75) is 24.6 Å². The Bertz CT molecular complexity index is 605. The van der Waals surface area contributed by atoms with Crippen LogP contribution in [0.5, 0.6) is 5.75 Å². The molecule has 0 aromatic heterocycles. The molecule has 2 N–H and O–H groups in total. The second kappa shape index (κ2) is 8.58. The first kappa shape index (κ1) is 18.1. The molecule has 1 aromatic carbocycles. The van der Waals surface area contributed by atoms with E-state index in [1.54, 1.807) is 38.3 Å². The highest BCUT2D eigenvalue weighted by Crippen LogP contribution is 2.22. The molecule has 0 unspecified atom stereocenters. The van der Waals surface area contributed by atoms with Crippen molar-refractivity contribution in [1.82, 2.24) is 5.32 Å². The van der Waals surface area contributed by atoms with Crippen molar-refractivity contribution in [3.63, 3.8) is 0 Å². The number of ether oxygens (including phenoxy) is 2. The van der Waals surface area contributed by atoms with Gasteiger partial charge in [-0.1, -0.05) is 0 Å². The SMILES string of the molecule is CCOC(=O)[C@@H]1CS[C@@H](CC(=O)Nc2ccc(OC)cc2)C(=O)N1. The zero-order chi connectivity index (χ0) is 17.5. The van der Waals surface area contributed by atoms with Crippen molar-refractivity contribution in [3.8, 4) is 5.75 Å². The highest BCUT2D eigenvalue weighted by molar-refractivity contribution is 8.00. The Morgan fingerprint density at radius 2 is 2.04 bits per heavy atom. The van der Waals surface area contributed by atoms with Crippen LogP contribution in [0.3, 0.4) is 0 Å². The molecule has 8 heteroatoms. The van der Waals surface area contributed by atoms with Crippen molar-refractivity contribution in [2.24, 2.45) is 0 Å². The lowest BCUT2D eigenvalue weighted by Crippen LogP contribution is -2.51. The molecule has 0 aliphatic carbocycles. The van der Waals surface area contributed by atoms with Crippen LogP contribution >= 0.6 is 11.8 Å². The van der Waals surface area contributed by atoms with E-state index in [0.717, 1.165) is 0 Å². The van der Waals surface area contributed by atoms with Crippen molar-refractivity contribution in [3.05, 3.63) is 24.3 Å². The first-order valence-corrected chi connectivity index (χ1v) is 8.61. The number of hydrogen-bond donors (Lipinski definition) is 2. The van der Waals surface area contributed by atoms with Gasteiger partial charge in [-0.15, -0.1) is 11.8 Å². The van der Waals surface area contributed by atoms with E-state index in [-0.39, 0.29) is 24.8 Å². The molecule has 0 radical (unpaired) electrons. The van der Waals surface area contributed by atoms with Crippen LogP contribution in [0.15, 0.2) is 24.3 Å². The maximum Gasteiger partial charge on any atom is 0.329 e. The number of anilines is 1. The zero-order valence-electron chi connectivity index (χ0n) is 13.5. The predicted octanol–water partition coefficient (Wildman–Crippen LogP) is 1.19. The second-order valence-corrected chi connectivity index (χ2v) is 6.35. The monoisotopic (exact) mass is 352 g/mol. The third-order valence-corrected chi connectivity index (χ3v) is 4.70. The quantitative estimate of drug-likeness (QED) is 0.747. The molecule has 7 nitrogen and oxygen atoms in total. The van der Waals surface area contributed by atoms with Gasteiger partial charge in [-0.25, -0.2) is 4.79 Å². The number of amides is 2. The van der Waals surface area contributed by atoms with Gasteiger partial charge < -0.3 is 20.1 Å². The molecule has 2 amide bonds. The van der Waals surface area contributed by atoms with Gasteiger partial charge in [0.1, 0.15) is 11.8 Å². The summed E-state index contributed by atoms with van der Waals surface area (Å²) < 4.78 is 9.94. The Kier molecular flexibility index (Phi) is 6.48. The Hall–Kier alpha value is -2.22. The van der Waals surface area contributed by atoms with Gasteiger partial charge in [-0.2, -0.15) is 0 Å². The molecule has 0 saturated carbocycles. The summed E-state index contributed by atoms with van der Waals surface area (Å²) in [4.78, 5) is 35.7. The lowest BCUT2D eigenvalue weighted by atomic mass is 10.2. The van der Waals surface area contributed by atoms with Gasteiger partial charge in [0, 0.05) is 17.9 Å². The van der Waals surface area contributed by atoms with Crippen LogP contribution in [0, 0.1) is 0 Å². The van der Waals surface area contributed by atoms with Gasteiger partial charge in [0.2, 0.25) is 11.8 Å². The normalized spacial score (nSPS) is 20.0. The van der Waals surface area contributed by atoms with Crippen LogP contribution < -0.4 is 15.4 Å². The number of esters is 1. The largest absolute Gasteiger partial charge is 0.497 e. The molecule has 1 heterocycles. The van der Waals surface area contributed by atoms with Crippen LogP contribution in [0.2, 0.25) is 0 Å². The Labute approximate surface area is 144 Å². The lowest BCUT2D eigenvalue weighted by Gasteiger charge is -2.27. The maximum absolute atomic E-state index is 12.1. The van der Waals surface area contributed by atoms with Gasteiger partial charge in [0.05, 0.1) is 19.0 Å². The number of carbonyl (C=O) groups excluding carboxylic acids is 3. The van der Waals surface area contributed by atoms with Crippen molar-refractivity contribution < 1.29 is 23.9 Å². The van der Waals surface area contributed by atoms with Crippen LogP contribution in [0.1, 0.15) is 13.3 Å². The fourth-order valence-corrected chi connectivity index (χ4v) is 3.30. The molecule has 1 saturated heterocycles. The number of methoxy groups -OCH3 is 1. The standard InChI is InChI=1S/C16H20N2O5S/c1-3-23-16(21)12-9-24-13(15(20)18-12)8-14(19)17-10-4-6-11(22-2)7-5-10/h4-7,12-13H,3,8-9H2,1-2H3,(H,17,19)(H,18,20)/t12-,13-/m0/s1. The summed E-state index contributed by atoms with van der Waals surface area (Å²) in [5.74, 6) is 0.0571. The minimum Gasteiger partial charge on any atom is -0.497 e. The minimum absolute atomic E-state index is 0.0398. The first-order valence-electron chi connectivity index (χ1n) is 7.56. The van der Waals surface area contributed by atoms with Gasteiger partial charge in [0.25, 0.3) is 0 Å². The number of carbonyl (C=O) groups is 3. The van der Waals surface area contributed by atoms with E-state index in [9.17, 15) is 14.4 Å². The Morgan fingerprint density at radius 3 is 2.62 bits per heavy atom. The maximum atomic E-state index is 12.1. The summed E-state index contributed by atoms with van der Waals surface area (Å²) in [7, 11) is 1.57. The smallest absolute Gasteiger partial charge is 0.329 e. The summed E-state index contributed by atoms with van der Waals surface area (Å²) >= 11 is 1.28. The van der Waals surface area contributed by atoms with Crippen LogP contribution in [0.25, 0.3) is 0 Å². The fourth-order valence-electron chi connectivity index (χ4n) is 2.17. The predicted molar refractivity (Wildman–Crippen MR) is 91.1 cm³/mol. The number of thioether (sulfide) groups is 1. The first-order chi connectivity index (χ1) is 11.5. The molecule has 1 aliphatic heterocycles. The van der Waals surface area contributed by atoms with Gasteiger partial charge >= 0.3 is 5.97 Å². The molecular formula is C16H20N2O5S. The van der Waals surface area contributed by atoms with Gasteiger partial charge in [0.15, 0.2) is 0 Å². The Balaban J connectivity index is 1.84. The average molecular weight is 352 g/mol. The molecular weight excluding hydrogens is 332 g/mol. The second-order valence-electron chi connectivity index (χ2n) is 5.12. The van der Waals surface area contributed by atoms with E-state index < -0.39 is 17.3 Å². The zero-order valence-corrected chi connectivity index (χ0v) is 14.4. The van der Waals surface area contributed by atoms with Crippen molar-refractivity contribution >= 4 is 35.2 Å². The molecule has 130 valence electrons. The molecule has 1 aliphatic rings. The topological polar surface area (TPSA) is 93.7 Å². The molecule has 24 heavy (non-hydrogen) atoms. The van der Waals surface area contributed by atoms with E-state index in [1.165, 1.54) is 11.8 Å². The third kappa shape index (κ3) is 4.89. The number of nitrogens with one attached hydrogen (secondary N) is 2. The number of rotatable bonds is 6. The number of benzene rings is 1. The van der Waals surface area contributed by atoms with Crippen molar-refractivity contribution in [1.29, 1.82) is 0 Å². The Morgan fingerprint density at radius 1 is 1.33 bits per heavy atom. The number of hydrogen-bond acceptors (Lipinski definition) is 6. The van der Waals surface area contributed by atoms with E-state index in [1.807, 2.05) is 0 Å².